The molecule has 0 aliphatic heterocycles. The first kappa shape index (κ1) is 19.5. The lowest BCUT2D eigenvalue weighted by molar-refractivity contribution is -0.385. The molecule has 0 saturated heterocycles. The number of pyridine rings is 1. The number of anilines is 1. The van der Waals surface area contributed by atoms with E-state index in [4.69, 9.17) is 0 Å². The van der Waals surface area contributed by atoms with Gasteiger partial charge in [-0.15, -0.1) is 0 Å². The zero-order valence-corrected chi connectivity index (χ0v) is 15.6. The summed E-state index contributed by atoms with van der Waals surface area (Å²) in [5, 5.41) is 14.2. The van der Waals surface area contributed by atoms with Gasteiger partial charge < -0.3 is 5.32 Å². The molecule has 0 spiro atoms. The van der Waals surface area contributed by atoms with Crippen LogP contribution in [-0.2, 0) is 22.3 Å². The van der Waals surface area contributed by atoms with Gasteiger partial charge in [-0.25, -0.2) is 18.1 Å². The van der Waals surface area contributed by atoms with E-state index in [0.29, 0.717) is 11.1 Å². The lowest BCUT2D eigenvalue weighted by Gasteiger charge is -2.09. The van der Waals surface area contributed by atoms with Gasteiger partial charge >= 0.3 is 11.2 Å². The van der Waals surface area contributed by atoms with Gasteiger partial charge in [-0.05, 0) is 30.3 Å². The number of hydrogen-bond donors (Lipinski definition) is 2. The highest BCUT2D eigenvalue weighted by molar-refractivity contribution is 7.88. The summed E-state index contributed by atoms with van der Waals surface area (Å²) in [6.45, 7) is 0.129. The molecular formula is C17H17N5O5S. The van der Waals surface area contributed by atoms with Crippen LogP contribution in [0.2, 0.25) is 0 Å². The maximum absolute atomic E-state index is 12.4. The van der Waals surface area contributed by atoms with E-state index in [9.17, 15) is 23.3 Å². The van der Waals surface area contributed by atoms with Gasteiger partial charge in [0.15, 0.2) is 0 Å². The summed E-state index contributed by atoms with van der Waals surface area (Å²) >= 11 is 0. The van der Waals surface area contributed by atoms with Crippen LogP contribution in [0.25, 0.3) is 5.65 Å². The Bertz CT molecular complexity index is 1210. The average molecular weight is 403 g/mol. The smallest absolute Gasteiger partial charge is 0.360 e. The molecule has 11 heteroatoms. The van der Waals surface area contributed by atoms with Crippen molar-refractivity contribution in [3.8, 4) is 0 Å². The summed E-state index contributed by atoms with van der Waals surface area (Å²) in [5.74, 6) is -0.331. The fraction of sp³-hybridized carbons (Fsp3) is 0.176. The number of sulfonamides is 1. The monoisotopic (exact) mass is 403 g/mol. The second kappa shape index (κ2) is 7.74. The van der Waals surface area contributed by atoms with Crippen molar-refractivity contribution in [2.75, 3.05) is 12.4 Å². The first-order chi connectivity index (χ1) is 13.3. The minimum absolute atomic E-state index is 0.129. The van der Waals surface area contributed by atoms with Crippen LogP contribution >= 0.6 is 0 Å². The van der Waals surface area contributed by atoms with Crippen LogP contribution in [0.5, 0.6) is 0 Å². The molecule has 28 heavy (non-hydrogen) atoms. The average Bonchev–Trinajstić information content (AvgIpc) is 2.66. The van der Waals surface area contributed by atoms with Gasteiger partial charge in [-0.3, -0.25) is 19.3 Å². The van der Waals surface area contributed by atoms with E-state index in [0.717, 1.165) is 4.40 Å². The number of nitro groups is 1. The molecule has 0 amide bonds. The molecule has 0 atom stereocenters. The molecule has 0 aliphatic carbocycles. The molecule has 0 aliphatic rings. The van der Waals surface area contributed by atoms with Crippen LogP contribution in [0, 0.1) is 10.1 Å². The first-order valence-corrected chi connectivity index (χ1v) is 9.84. The normalized spacial score (nSPS) is 11.5. The fourth-order valence-electron chi connectivity index (χ4n) is 2.67. The van der Waals surface area contributed by atoms with E-state index >= 15 is 0 Å². The second-order valence-corrected chi connectivity index (χ2v) is 7.86. The Morgan fingerprint density at radius 1 is 1.18 bits per heavy atom. The van der Waals surface area contributed by atoms with E-state index in [1.54, 1.807) is 42.5 Å². The molecule has 1 aromatic carbocycles. The Kier molecular flexibility index (Phi) is 5.38. The zero-order chi connectivity index (χ0) is 20.3. The van der Waals surface area contributed by atoms with Gasteiger partial charge in [0, 0.05) is 12.7 Å². The molecule has 0 saturated carbocycles. The third-order valence-electron chi connectivity index (χ3n) is 4.01. The number of benzene rings is 1. The Balaban J connectivity index is 1.91. The van der Waals surface area contributed by atoms with Crippen LogP contribution in [0.3, 0.4) is 0 Å². The highest BCUT2D eigenvalue weighted by Crippen LogP contribution is 2.19. The highest BCUT2D eigenvalue weighted by Gasteiger charge is 2.23. The minimum Gasteiger partial charge on any atom is -0.360 e. The van der Waals surface area contributed by atoms with Crippen molar-refractivity contribution in [3.63, 3.8) is 0 Å². The van der Waals surface area contributed by atoms with Crippen LogP contribution in [0.4, 0.5) is 11.5 Å². The number of aromatic nitrogens is 2. The molecule has 146 valence electrons. The lowest BCUT2D eigenvalue weighted by Crippen LogP contribution is -2.21. The first-order valence-electron chi connectivity index (χ1n) is 8.19. The zero-order valence-electron chi connectivity index (χ0n) is 14.8. The van der Waals surface area contributed by atoms with Crippen molar-refractivity contribution in [2.45, 2.75) is 12.3 Å². The third-order valence-corrected chi connectivity index (χ3v) is 5.35. The van der Waals surface area contributed by atoms with Gasteiger partial charge in [-0.2, -0.15) is 0 Å². The van der Waals surface area contributed by atoms with Crippen molar-refractivity contribution in [1.29, 1.82) is 0 Å². The maximum atomic E-state index is 12.4. The molecule has 2 heterocycles. The number of hydrogen-bond acceptors (Lipinski definition) is 7. The van der Waals surface area contributed by atoms with E-state index in [1.807, 2.05) is 0 Å². The van der Waals surface area contributed by atoms with Crippen LogP contribution in [0.1, 0.15) is 11.1 Å². The quantitative estimate of drug-likeness (QED) is 0.448. The molecule has 2 aromatic heterocycles. The van der Waals surface area contributed by atoms with E-state index in [-0.39, 0.29) is 23.8 Å². The predicted molar refractivity (Wildman–Crippen MR) is 104 cm³/mol. The van der Waals surface area contributed by atoms with E-state index < -0.39 is 26.2 Å². The van der Waals surface area contributed by atoms with Crippen molar-refractivity contribution >= 4 is 27.2 Å². The van der Waals surface area contributed by atoms with E-state index in [2.05, 4.69) is 15.0 Å². The Labute approximate surface area is 160 Å². The third kappa shape index (κ3) is 4.15. The van der Waals surface area contributed by atoms with Gasteiger partial charge in [0.05, 0.1) is 10.7 Å². The fourth-order valence-corrected chi connectivity index (χ4v) is 3.44. The Hall–Kier alpha value is -3.31. The van der Waals surface area contributed by atoms with Gasteiger partial charge in [0.1, 0.15) is 5.65 Å². The molecule has 10 nitrogen and oxygen atoms in total. The van der Waals surface area contributed by atoms with Crippen molar-refractivity contribution in [2.24, 2.45) is 0 Å². The number of nitrogens with zero attached hydrogens (tertiary/aromatic N) is 3. The standard InChI is InChI=1S/C17H17N5O5S/c1-18-28(26,27)11-13-6-4-5-12(9-13)10-19-16-15(22(24)25)17(23)21-8-3-2-7-14(21)20-16/h2-9,18-19H,10-11H2,1H3. The molecule has 0 bridgehead atoms. The van der Waals surface area contributed by atoms with Crippen molar-refractivity contribution in [3.05, 3.63) is 80.3 Å². The van der Waals surface area contributed by atoms with Gasteiger partial charge in [0.2, 0.25) is 15.8 Å². The summed E-state index contributed by atoms with van der Waals surface area (Å²) in [6.07, 6.45) is 1.41. The molecule has 2 N–H and O–H groups in total. The molecule has 3 aromatic rings. The number of nitrogens with one attached hydrogen (secondary N) is 2. The summed E-state index contributed by atoms with van der Waals surface area (Å²) in [5.41, 5.74) is 0.0851. The summed E-state index contributed by atoms with van der Waals surface area (Å²) in [7, 11) is -2.08. The summed E-state index contributed by atoms with van der Waals surface area (Å²) < 4.78 is 26.7. The number of rotatable bonds is 7. The predicted octanol–water partition coefficient (Wildman–Crippen LogP) is 1.26. The molecule has 0 radical (unpaired) electrons. The number of fused-ring (bicyclic) bond motifs is 1. The van der Waals surface area contributed by atoms with Crippen LogP contribution in [0.15, 0.2) is 53.5 Å². The lowest BCUT2D eigenvalue weighted by atomic mass is 10.1. The highest BCUT2D eigenvalue weighted by atomic mass is 32.2. The minimum atomic E-state index is -3.42. The summed E-state index contributed by atoms with van der Waals surface area (Å²) in [4.78, 5) is 27.2. The van der Waals surface area contributed by atoms with Gasteiger partial charge in [-0.1, -0.05) is 30.3 Å². The Morgan fingerprint density at radius 2 is 1.93 bits per heavy atom. The van der Waals surface area contributed by atoms with Gasteiger partial charge in [0.25, 0.3) is 0 Å². The van der Waals surface area contributed by atoms with Crippen LogP contribution < -0.4 is 15.6 Å². The Morgan fingerprint density at radius 3 is 2.64 bits per heavy atom. The summed E-state index contributed by atoms with van der Waals surface area (Å²) in [6, 6.07) is 11.6. The van der Waals surface area contributed by atoms with Crippen molar-refractivity contribution in [1.82, 2.24) is 14.1 Å². The molecule has 3 rings (SSSR count). The molecule has 0 fully saturated rings. The molecular weight excluding hydrogens is 386 g/mol. The molecule has 0 unspecified atom stereocenters. The van der Waals surface area contributed by atoms with E-state index in [1.165, 1.54) is 13.2 Å². The maximum Gasteiger partial charge on any atom is 0.376 e. The van der Waals surface area contributed by atoms with Crippen molar-refractivity contribution < 1.29 is 13.3 Å². The topological polar surface area (TPSA) is 136 Å². The second-order valence-electron chi connectivity index (χ2n) is 5.94. The SMILES string of the molecule is CNS(=O)(=O)Cc1cccc(CNc2nc3ccccn3c(=O)c2[N+](=O)[O-])c1. The van der Waals surface area contributed by atoms with Crippen LogP contribution in [-0.4, -0.2) is 29.8 Å². The largest absolute Gasteiger partial charge is 0.376 e.